The van der Waals surface area contributed by atoms with E-state index in [1.165, 1.54) is 6.07 Å². The predicted molar refractivity (Wildman–Crippen MR) is 90.5 cm³/mol. The number of rotatable bonds is 8. The minimum absolute atomic E-state index is 0.0190. The summed E-state index contributed by atoms with van der Waals surface area (Å²) in [5.41, 5.74) is 0.905. The number of hydrogen-bond donors (Lipinski definition) is 2. The Morgan fingerprint density at radius 3 is 2.33 bits per heavy atom. The first-order valence-corrected chi connectivity index (χ1v) is 8.01. The lowest BCUT2D eigenvalue weighted by Crippen LogP contribution is -2.43. The average molecular weight is 377 g/mol. The fourth-order valence-corrected chi connectivity index (χ4v) is 2.24. The lowest BCUT2D eigenvalue weighted by atomic mass is 10.1. The van der Waals surface area contributed by atoms with Crippen LogP contribution in [0.2, 0.25) is 0 Å². The Hall–Kier alpha value is -3.29. The zero-order chi connectivity index (χ0) is 19.8. The van der Waals surface area contributed by atoms with E-state index in [-0.39, 0.29) is 18.6 Å². The summed E-state index contributed by atoms with van der Waals surface area (Å²) in [5, 5.41) is 11.3. The monoisotopic (exact) mass is 377 g/mol. The topological polar surface area (TPSA) is 92.7 Å². The van der Waals surface area contributed by atoms with Crippen molar-refractivity contribution in [3.8, 4) is 0 Å². The lowest BCUT2D eigenvalue weighted by Gasteiger charge is -2.14. The van der Waals surface area contributed by atoms with Gasteiger partial charge in [-0.05, 0) is 23.3 Å². The summed E-state index contributed by atoms with van der Waals surface area (Å²) in [7, 11) is 0. The number of carbonyl (C=O) groups excluding carboxylic acids is 2. The maximum Gasteiger partial charge on any atom is 0.326 e. The Morgan fingerprint density at radius 2 is 1.70 bits per heavy atom. The molecule has 0 saturated carbocycles. The molecule has 0 fully saturated rings. The summed E-state index contributed by atoms with van der Waals surface area (Å²) in [6.07, 6.45) is -0.925. The summed E-state index contributed by atoms with van der Waals surface area (Å²) in [6.45, 7) is -0.0190. The van der Waals surface area contributed by atoms with Gasteiger partial charge in [0.2, 0.25) is 5.91 Å². The van der Waals surface area contributed by atoms with Crippen molar-refractivity contribution < 1.29 is 33.0 Å². The minimum atomic E-state index is -1.49. The molecule has 2 N–H and O–H groups in total. The summed E-state index contributed by atoms with van der Waals surface area (Å²) >= 11 is 0. The summed E-state index contributed by atoms with van der Waals surface area (Å²) in [4.78, 5) is 35.0. The largest absolute Gasteiger partial charge is 0.480 e. The highest BCUT2D eigenvalue weighted by atomic mass is 19.2. The van der Waals surface area contributed by atoms with Crippen molar-refractivity contribution in [3.05, 3.63) is 71.3 Å². The molecule has 0 heterocycles. The quantitative estimate of drug-likeness (QED) is 0.688. The molecule has 1 amide bonds. The van der Waals surface area contributed by atoms with E-state index < -0.39 is 41.9 Å². The number of benzene rings is 2. The number of carboxylic acid groups (broad SMARTS) is 1. The van der Waals surface area contributed by atoms with E-state index in [0.717, 1.165) is 17.7 Å². The van der Waals surface area contributed by atoms with Crippen LogP contribution in [0.3, 0.4) is 0 Å². The fraction of sp³-hybridized carbons (Fsp3) is 0.211. The van der Waals surface area contributed by atoms with Crippen LogP contribution in [-0.2, 0) is 32.1 Å². The second kappa shape index (κ2) is 9.42. The van der Waals surface area contributed by atoms with E-state index in [4.69, 9.17) is 4.74 Å². The van der Waals surface area contributed by atoms with Crippen molar-refractivity contribution in [2.75, 3.05) is 0 Å². The molecular weight excluding hydrogens is 360 g/mol. The van der Waals surface area contributed by atoms with Gasteiger partial charge in [0.1, 0.15) is 12.6 Å². The fourth-order valence-electron chi connectivity index (χ4n) is 2.24. The molecule has 2 aromatic carbocycles. The van der Waals surface area contributed by atoms with Gasteiger partial charge in [0, 0.05) is 0 Å². The normalized spacial score (nSPS) is 11.5. The Labute approximate surface area is 153 Å². The van der Waals surface area contributed by atoms with Crippen LogP contribution in [0.25, 0.3) is 0 Å². The number of nitrogens with one attached hydrogen (secondary N) is 1. The molecule has 142 valence electrons. The molecule has 6 nitrogen and oxygen atoms in total. The van der Waals surface area contributed by atoms with Crippen molar-refractivity contribution in [1.82, 2.24) is 5.32 Å². The highest BCUT2D eigenvalue weighted by molar-refractivity contribution is 5.88. The molecule has 0 unspecified atom stereocenters. The molecule has 0 saturated heterocycles. The number of hydrogen-bond acceptors (Lipinski definition) is 4. The van der Waals surface area contributed by atoms with E-state index >= 15 is 0 Å². The van der Waals surface area contributed by atoms with Crippen LogP contribution >= 0.6 is 0 Å². The van der Waals surface area contributed by atoms with Crippen LogP contribution in [0.4, 0.5) is 8.78 Å². The molecule has 27 heavy (non-hydrogen) atoms. The second-order valence-corrected chi connectivity index (χ2v) is 5.73. The van der Waals surface area contributed by atoms with Gasteiger partial charge in [-0.15, -0.1) is 0 Å². The minimum Gasteiger partial charge on any atom is -0.480 e. The summed E-state index contributed by atoms with van der Waals surface area (Å²) < 4.78 is 31.0. The van der Waals surface area contributed by atoms with Gasteiger partial charge in [0.15, 0.2) is 11.6 Å². The van der Waals surface area contributed by atoms with Gasteiger partial charge < -0.3 is 15.2 Å². The van der Waals surface area contributed by atoms with Crippen LogP contribution in [0.1, 0.15) is 17.5 Å². The van der Waals surface area contributed by atoms with Crippen molar-refractivity contribution in [1.29, 1.82) is 0 Å². The first kappa shape index (κ1) is 20.0. The highest BCUT2D eigenvalue weighted by Gasteiger charge is 2.24. The van der Waals surface area contributed by atoms with Crippen LogP contribution in [0, 0.1) is 11.6 Å². The maximum atomic E-state index is 13.2. The molecule has 2 rings (SSSR count). The van der Waals surface area contributed by atoms with Gasteiger partial charge in [-0.2, -0.15) is 0 Å². The summed E-state index contributed by atoms with van der Waals surface area (Å²) in [6, 6.07) is 10.2. The number of esters is 1. The van der Waals surface area contributed by atoms with E-state index in [1.54, 1.807) is 30.3 Å². The van der Waals surface area contributed by atoms with Crippen LogP contribution in [0.15, 0.2) is 48.5 Å². The van der Waals surface area contributed by atoms with Crippen LogP contribution in [-0.4, -0.2) is 29.0 Å². The molecule has 0 aliphatic heterocycles. The third kappa shape index (κ3) is 6.50. The maximum absolute atomic E-state index is 13.2. The van der Waals surface area contributed by atoms with Gasteiger partial charge in [0.25, 0.3) is 0 Å². The van der Waals surface area contributed by atoms with Gasteiger partial charge in [0.05, 0.1) is 12.8 Å². The molecule has 1 atom stereocenters. The highest BCUT2D eigenvalue weighted by Crippen LogP contribution is 2.10. The standard InChI is InChI=1S/C19H17F2NO5/c20-14-7-6-13(8-15(14)21)9-17(23)22-16(19(25)26)10-18(24)27-11-12-4-2-1-3-5-12/h1-8,16H,9-11H2,(H,22,23)(H,25,26)/t16-/m0/s1. The second-order valence-electron chi connectivity index (χ2n) is 5.73. The van der Waals surface area contributed by atoms with Crippen molar-refractivity contribution in [3.63, 3.8) is 0 Å². The third-order valence-corrected chi connectivity index (χ3v) is 3.60. The Balaban J connectivity index is 1.88. The molecule has 8 heteroatoms. The molecule has 0 spiro atoms. The molecular formula is C19H17F2NO5. The van der Waals surface area contributed by atoms with Crippen LogP contribution in [0.5, 0.6) is 0 Å². The Morgan fingerprint density at radius 1 is 1.00 bits per heavy atom. The van der Waals surface area contributed by atoms with Gasteiger partial charge >= 0.3 is 11.9 Å². The predicted octanol–water partition coefficient (Wildman–Crippen LogP) is 2.21. The van der Waals surface area contributed by atoms with E-state index in [9.17, 15) is 28.3 Å². The van der Waals surface area contributed by atoms with Gasteiger partial charge in [-0.1, -0.05) is 36.4 Å². The van der Waals surface area contributed by atoms with Crippen LogP contribution < -0.4 is 5.32 Å². The number of halogens is 2. The number of carbonyl (C=O) groups is 3. The molecule has 0 bridgehead atoms. The smallest absolute Gasteiger partial charge is 0.326 e. The Bertz CT molecular complexity index is 826. The number of amides is 1. The molecule has 0 aliphatic rings. The first-order valence-electron chi connectivity index (χ1n) is 8.01. The van der Waals surface area contributed by atoms with Gasteiger partial charge in [-0.3, -0.25) is 9.59 Å². The SMILES string of the molecule is O=C(Cc1ccc(F)c(F)c1)N[C@@H](CC(=O)OCc1ccccc1)C(=O)O. The van der Waals surface area contributed by atoms with E-state index in [0.29, 0.717) is 0 Å². The first-order chi connectivity index (χ1) is 12.8. The zero-order valence-corrected chi connectivity index (χ0v) is 14.2. The van der Waals surface area contributed by atoms with E-state index in [1.807, 2.05) is 0 Å². The third-order valence-electron chi connectivity index (χ3n) is 3.60. The lowest BCUT2D eigenvalue weighted by molar-refractivity contribution is -0.151. The average Bonchev–Trinajstić information content (AvgIpc) is 2.63. The van der Waals surface area contributed by atoms with Crippen molar-refractivity contribution in [2.24, 2.45) is 0 Å². The van der Waals surface area contributed by atoms with E-state index in [2.05, 4.69) is 5.32 Å². The molecule has 0 aliphatic carbocycles. The Kier molecular flexibility index (Phi) is 6.99. The number of aliphatic carboxylic acids is 1. The molecule has 0 radical (unpaired) electrons. The number of carboxylic acids is 1. The summed E-state index contributed by atoms with van der Waals surface area (Å²) in [5.74, 6) is -5.11. The number of ether oxygens (including phenoxy) is 1. The van der Waals surface area contributed by atoms with Crippen molar-refractivity contribution >= 4 is 17.8 Å². The zero-order valence-electron chi connectivity index (χ0n) is 14.2. The van der Waals surface area contributed by atoms with Crippen molar-refractivity contribution in [2.45, 2.75) is 25.5 Å². The molecule has 0 aromatic heterocycles. The molecule has 2 aromatic rings. The van der Waals surface area contributed by atoms with Gasteiger partial charge in [-0.25, -0.2) is 13.6 Å².